The van der Waals surface area contributed by atoms with Gasteiger partial charge < -0.3 is 10.2 Å². The maximum atomic E-state index is 11.1. The molecule has 0 aliphatic heterocycles. The Balaban J connectivity index is 4.45. The molecule has 0 aromatic heterocycles. The summed E-state index contributed by atoms with van der Waals surface area (Å²) in [6, 6.07) is -0.579. The third kappa shape index (κ3) is 5.70. The Hall–Kier alpha value is -1.10. The minimum atomic E-state index is -0.896. The SMILES string of the molecule is CCN(CCC(=O)O)C(CC(C)C)C(=O)O. The van der Waals surface area contributed by atoms with Crippen LogP contribution in [0.1, 0.15) is 33.6 Å². The first-order chi connectivity index (χ1) is 7.38. The van der Waals surface area contributed by atoms with E-state index in [9.17, 15) is 9.59 Å². The predicted octanol–water partition coefficient (Wildman–Crippen LogP) is 1.28. The first-order valence-electron chi connectivity index (χ1n) is 5.57. The fourth-order valence-electron chi connectivity index (χ4n) is 1.63. The van der Waals surface area contributed by atoms with Gasteiger partial charge in [-0.15, -0.1) is 0 Å². The number of hydrogen-bond donors (Lipinski definition) is 2. The van der Waals surface area contributed by atoms with E-state index >= 15 is 0 Å². The lowest BCUT2D eigenvalue weighted by atomic mass is 10.0. The van der Waals surface area contributed by atoms with Crippen molar-refractivity contribution in [3.63, 3.8) is 0 Å². The molecule has 1 unspecified atom stereocenters. The van der Waals surface area contributed by atoms with Gasteiger partial charge in [0.05, 0.1) is 6.42 Å². The maximum absolute atomic E-state index is 11.1. The van der Waals surface area contributed by atoms with E-state index < -0.39 is 18.0 Å². The van der Waals surface area contributed by atoms with Gasteiger partial charge in [0, 0.05) is 6.54 Å². The number of rotatable bonds is 8. The third-order valence-electron chi connectivity index (χ3n) is 2.44. The van der Waals surface area contributed by atoms with Crippen molar-refractivity contribution in [3.05, 3.63) is 0 Å². The molecular weight excluding hydrogens is 210 g/mol. The van der Waals surface area contributed by atoms with Crippen LogP contribution < -0.4 is 0 Å². The van der Waals surface area contributed by atoms with Crippen LogP contribution in [0.5, 0.6) is 0 Å². The van der Waals surface area contributed by atoms with Gasteiger partial charge in [-0.2, -0.15) is 0 Å². The Morgan fingerprint density at radius 3 is 2.12 bits per heavy atom. The minimum absolute atomic E-state index is 0.0181. The molecule has 5 nitrogen and oxygen atoms in total. The van der Waals surface area contributed by atoms with Gasteiger partial charge in [0.2, 0.25) is 0 Å². The zero-order valence-electron chi connectivity index (χ0n) is 10.1. The van der Waals surface area contributed by atoms with Crippen molar-refractivity contribution in [3.8, 4) is 0 Å². The maximum Gasteiger partial charge on any atom is 0.320 e. The quantitative estimate of drug-likeness (QED) is 0.658. The summed E-state index contributed by atoms with van der Waals surface area (Å²) < 4.78 is 0. The van der Waals surface area contributed by atoms with E-state index in [1.54, 1.807) is 4.90 Å². The van der Waals surface area contributed by atoms with Crippen molar-refractivity contribution < 1.29 is 19.8 Å². The molecule has 16 heavy (non-hydrogen) atoms. The number of aliphatic carboxylic acids is 2. The van der Waals surface area contributed by atoms with Gasteiger partial charge in [-0.25, -0.2) is 0 Å². The van der Waals surface area contributed by atoms with E-state index in [0.717, 1.165) is 0 Å². The summed E-state index contributed by atoms with van der Waals surface area (Å²) in [7, 11) is 0. The topological polar surface area (TPSA) is 77.8 Å². The molecule has 0 bridgehead atoms. The second-order valence-electron chi connectivity index (χ2n) is 4.26. The Bertz CT molecular complexity index is 240. The molecule has 0 saturated carbocycles. The first kappa shape index (κ1) is 14.9. The standard InChI is InChI=1S/C11H21NO4/c1-4-12(6-5-10(13)14)9(11(15)16)7-8(2)3/h8-9H,4-7H2,1-3H3,(H,13,14)(H,15,16). The Kier molecular flexibility index (Phi) is 6.72. The van der Waals surface area contributed by atoms with Crippen molar-refractivity contribution >= 4 is 11.9 Å². The van der Waals surface area contributed by atoms with Gasteiger partial charge in [0.15, 0.2) is 0 Å². The van der Waals surface area contributed by atoms with Crippen LogP contribution in [0.2, 0.25) is 0 Å². The molecule has 0 aromatic rings. The molecular formula is C11H21NO4. The van der Waals surface area contributed by atoms with E-state index in [2.05, 4.69) is 0 Å². The molecule has 0 aliphatic carbocycles. The molecule has 94 valence electrons. The highest BCUT2D eigenvalue weighted by molar-refractivity contribution is 5.73. The van der Waals surface area contributed by atoms with Crippen molar-refractivity contribution in [1.82, 2.24) is 4.90 Å². The van der Waals surface area contributed by atoms with E-state index in [1.165, 1.54) is 0 Å². The molecule has 0 rings (SSSR count). The fourth-order valence-corrected chi connectivity index (χ4v) is 1.63. The third-order valence-corrected chi connectivity index (χ3v) is 2.44. The molecule has 0 amide bonds. The highest BCUT2D eigenvalue weighted by Gasteiger charge is 2.25. The molecule has 0 spiro atoms. The van der Waals surface area contributed by atoms with Crippen LogP contribution in [0, 0.1) is 5.92 Å². The van der Waals surface area contributed by atoms with Crippen LogP contribution in [-0.4, -0.2) is 46.2 Å². The predicted molar refractivity (Wildman–Crippen MR) is 60.4 cm³/mol. The van der Waals surface area contributed by atoms with Crippen molar-refractivity contribution in [1.29, 1.82) is 0 Å². The van der Waals surface area contributed by atoms with Crippen LogP contribution in [0.15, 0.2) is 0 Å². The molecule has 5 heteroatoms. The van der Waals surface area contributed by atoms with Crippen molar-refractivity contribution in [2.45, 2.75) is 39.7 Å². The van der Waals surface area contributed by atoms with Gasteiger partial charge >= 0.3 is 11.9 Å². The summed E-state index contributed by atoms with van der Waals surface area (Å²) in [4.78, 5) is 23.3. The van der Waals surface area contributed by atoms with Gasteiger partial charge in [0.1, 0.15) is 6.04 Å². The lowest BCUT2D eigenvalue weighted by Gasteiger charge is -2.28. The van der Waals surface area contributed by atoms with Crippen LogP contribution in [0.3, 0.4) is 0 Å². The summed E-state index contributed by atoms with van der Waals surface area (Å²) in [5.74, 6) is -1.49. The summed E-state index contributed by atoms with van der Waals surface area (Å²) in [5.41, 5.74) is 0. The zero-order chi connectivity index (χ0) is 12.7. The molecule has 0 saturated heterocycles. The highest BCUT2D eigenvalue weighted by Crippen LogP contribution is 2.12. The summed E-state index contributed by atoms with van der Waals surface area (Å²) in [6.45, 7) is 6.60. The molecule has 2 N–H and O–H groups in total. The Morgan fingerprint density at radius 2 is 1.81 bits per heavy atom. The van der Waals surface area contributed by atoms with Gasteiger partial charge in [-0.3, -0.25) is 14.5 Å². The number of carbonyl (C=O) groups is 2. The number of carboxylic acid groups (broad SMARTS) is 2. The average molecular weight is 231 g/mol. The second-order valence-corrected chi connectivity index (χ2v) is 4.26. The number of nitrogens with zero attached hydrogens (tertiary/aromatic N) is 1. The number of carboxylic acids is 2. The summed E-state index contributed by atoms with van der Waals surface area (Å²) in [6.07, 6.45) is 0.526. The smallest absolute Gasteiger partial charge is 0.320 e. The molecule has 0 radical (unpaired) electrons. The highest BCUT2D eigenvalue weighted by atomic mass is 16.4. The van der Waals surface area contributed by atoms with E-state index in [4.69, 9.17) is 10.2 Å². The Labute approximate surface area is 96.1 Å². The molecule has 0 aliphatic rings. The fraction of sp³-hybridized carbons (Fsp3) is 0.818. The average Bonchev–Trinajstić information content (AvgIpc) is 2.15. The zero-order valence-corrected chi connectivity index (χ0v) is 10.1. The number of hydrogen-bond acceptors (Lipinski definition) is 3. The van der Waals surface area contributed by atoms with Gasteiger partial charge in [-0.1, -0.05) is 20.8 Å². The molecule has 0 fully saturated rings. The van der Waals surface area contributed by atoms with Crippen molar-refractivity contribution in [2.24, 2.45) is 5.92 Å². The van der Waals surface area contributed by atoms with Crippen molar-refractivity contribution in [2.75, 3.05) is 13.1 Å². The van der Waals surface area contributed by atoms with Crippen LogP contribution in [0.25, 0.3) is 0 Å². The minimum Gasteiger partial charge on any atom is -0.481 e. The summed E-state index contributed by atoms with van der Waals surface area (Å²) >= 11 is 0. The van der Waals surface area contributed by atoms with Gasteiger partial charge in [0.25, 0.3) is 0 Å². The Morgan fingerprint density at radius 1 is 1.25 bits per heavy atom. The van der Waals surface area contributed by atoms with Crippen LogP contribution in [-0.2, 0) is 9.59 Å². The lowest BCUT2D eigenvalue weighted by molar-refractivity contribution is -0.145. The second kappa shape index (κ2) is 7.22. The molecule has 0 heterocycles. The molecule has 0 aromatic carbocycles. The molecule has 1 atom stereocenters. The largest absolute Gasteiger partial charge is 0.481 e. The summed E-state index contributed by atoms with van der Waals surface area (Å²) in [5, 5.41) is 17.7. The van der Waals surface area contributed by atoms with E-state index in [1.807, 2.05) is 20.8 Å². The van der Waals surface area contributed by atoms with E-state index in [-0.39, 0.29) is 18.9 Å². The monoisotopic (exact) mass is 231 g/mol. The lowest BCUT2D eigenvalue weighted by Crippen LogP contribution is -2.43. The van der Waals surface area contributed by atoms with Crippen LogP contribution >= 0.6 is 0 Å². The van der Waals surface area contributed by atoms with Gasteiger partial charge in [-0.05, 0) is 18.9 Å². The van der Waals surface area contributed by atoms with E-state index in [0.29, 0.717) is 13.0 Å². The normalized spacial score (nSPS) is 13.1. The first-order valence-corrected chi connectivity index (χ1v) is 5.57. The number of likely N-dealkylation sites (N-methyl/N-ethyl adjacent to an activating group) is 1. The van der Waals surface area contributed by atoms with Crippen LogP contribution in [0.4, 0.5) is 0 Å².